The quantitative estimate of drug-likeness (QED) is 0.504. The van der Waals surface area contributed by atoms with Gasteiger partial charge in [-0.05, 0) is 61.7 Å². The Kier molecular flexibility index (Phi) is 7.58. The maximum atomic E-state index is 14.4. The molecule has 3 aliphatic rings. The summed E-state index contributed by atoms with van der Waals surface area (Å²) in [5.41, 5.74) is -2.58. The molecule has 1 aromatic carbocycles. The summed E-state index contributed by atoms with van der Waals surface area (Å²) in [5, 5.41) is 11.8. The lowest BCUT2D eigenvalue weighted by atomic mass is 9.83. The lowest BCUT2D eigenvalue weighted by Gasteiger charge is -2.51. The van der Waals surface area contributed by atoms with Gasteiger partial charge in [0.2, 0.25) is 0 Å². The van der Waals surface area contributed by atoms with E-state index in [0.717, 1.165) is 26.2 Å². The van der Waals surface area contributed by atoms with Crippen molar-refractivity contribution in [2.75, 3.05) is 31.1 Å². The third-order valence-corrected chi connectivity index (χ3v) is 11.6. The number of halogens is 4. The summed E-state index contributed by atoms with van der Waals surface area (Å²) in [6, 6.07) is 8.89. The summed E-state index contributed by atoms with van der Waals surface area (Å²) >= 11 is 1.17. The van der Waals surface area contributed by atoms with E-state index in [2.05, 4.69) is 4.90 Å². The van der Waals surface area contributed by atoms with Crippen molar-refractivity contribution in [3.63, 3.8) is 0 Å². The van der Waals surface area contributed by atoms with Crippen molar-refractivity contribution in [3.05, 3.63) is 47.3 Å². The van der Waals surface area contributed by atoms with Crippen molar-refractivity contribution in [2.24, 2.45) is 0 Å². The van der Waals surface area contributed by atoms with Crippen LogP contribution in [0, 0.1) is 0 Å². The minimum atomic E-state index is -4.82. The Hall–Kier alpha value is -1.73. The van der Waals surface area contributed by atoms with Gasteiger partial charge in [-0.3, -0.25) is 4.90 Å². The molecular formula is C26H33F4N3O3S2. The molecule has 6 nitrogen and oxygen atoms in total. The summed E-state index contributed by atoms with van der Waals surface area (Å²) in [5.74, 6) is 0. The second-order valence-electron chi connectivity index (χ2n) is 10.8. The van der Waals surface area contributed by atoms with Crippen LogP contribution < -0.4 is 4.90 Å². The van der Waals surface area contributed by atoms with Crippen molar-refractivity contribution in [2.45, 2.75) is 79.3 Å². The van der Waals surface area contributed by atoms with Gasteiger partial charge < -0.3 is 10.0 Å². The average Bonchev–Trinajstić information content (AvgIpc) is 3.40. The van der Waals surface area contributed by atoms with E-state index in [-0.39, 0.29) is 41.0 Å². The predicted molar refractivity (Wildman–Crippen MR) is 139 cm³/mol. The van der Waals surface area contributed by atoms with E-state index in [4.69, 9.17) is 0 Å². The fourth-order valence-electron chi connectivity index (χ4n) is 6.17. The number of alkyl halides is 4. The van der Waals surface area contributed by atoms with Crippen molar-refractivity contribution in [1.82, 2.24) is 9.21 Å². The number of hydrogen-bond donors (Lipinski definition) is 1. The number of sulfonamides is 1. The maximum absolute atomic E-state index is 14.4. The molecule has 1 N–H and O–H groups in total. The van der Waals surface area contributed by atoms with Gasteiger partial charge in [-0.1, -0.05) is 24.6 Å². The number of anilines is 1. The standard InChI is InChI=1S/C26H33F4N3O3S2/c1-25(34,26(28,29)30)18-7-9-20(10-8-18)32-12-11-31(38(35,36)24-6-3-13-37-24)16-23(32)17-33-21-4-2-5-22(33)15-19(27)14-21/h3,6-10,13,19,21-23,34H,2,4-5,11-12,14-17H2,1H3/t19?,21?,22?,23-,25?/m1/s1. The molecule has 0 amide bonds. The van der Waals surface area contributed by atoms with E-state index in [1.165, 1.54) is 27.8 Å². The molecule has 5 rings (SSSR count). The molecule has 0 saturated carbocycles. The van der Waals surface area contributed by atoms with Gasteiger partial charge in [0, 0.05) is 44.0 Å². The molecule has 210 valence electrons. The first kappa shape index (κ1) is 27.8. The van der Waals surface area contributed by atoms with E-state index in [9.17, 15) is 31.1 Å². The zero-order valence-corrected chi connectivity index (χ0v) is 22.8. The van der Waals surface area contributed by atoms with Gasteiger partial charge in [-0.2, -0.15) is 17.5 Å². The van der Waals surface area contributed by atoms with Gasteiger partial charge in [0.1, 0.15) is 10.4 Å². The molecule has 1 aromatic heterocycles. The van der Waals surface area contributed by atoms with Gasteiger partial charge in [0.05, 0.1) is 6.04 Å². The van der Waals surface area contributed by atoms with Crippen LogP contribution in [0.2, 0.25) is 0 Å². The highest BCUT2D eigenvalue weighted by molar-refractivity contribution is 7.91. The largest absolute Gasteiger partial charge is 0.421 e. The summed E-state index contributed by atoms with van der Waals surface area (Å²) in [4.78, 5) is 4.38. The number of hydrogen-bond acceptors (Lipinski definition) is 6. The highest BCUT2D eigenvalue weighted by Gasteiger charge is 2.51. The van der Waals surface area contributed by atoms with Crippen LogP contribution in [0.5, 0.6) is 0 Å². The van der Waals surface area contributed by atoms with Crippen molar-refractivity contribution < 1.29 is 31.1 Å². The maximum Gasteiger partial charge on any atom is 0.421 e. The molecule has 4 atom stereocenters. The van der Waals surface area contributed by atoms with Crippen molar-refractivity contribution in [1.29, 1.82) is 0 Å². The molecular weight excluding hydrogens is 542 g/mol. The predicted octanol–water partition coefficient (Wildman–Crippen LogP) is 4.75. The van der Waals surface area contributed by atoms with Crippen LogP contribution in [-0.2, 0) is 15.6 Å². The molecule has 2 bridgehead atoms. The first-order valence-electron chi connectivity index (χ1n) is 13.0. The fraction of sp³-hybridized carbons (Fsp3) is 0.615. The number of fused-ring (bicyclic) bond motifs is 2. The Balaban J connectivity index is 1.43. The normalized spacial score (nSPS) is 29.3. The molecule has 4 heterocycles. The Morgan fingerprint density at radius 2 is 1.71 bits per heavy atom. The first-order valence-corrected chi connectivity index (χ1v) is 15.3. The van der Waals surface area contributed by atoms with Crippen LogP contribution in [0.15, 0.2) is 46.0 Å². The van der Waals surface area contributed by atoms with E-state index >= 15 is 0 Å². The Morgan fingerprint density at radius 3 is 2.29 bits per heavy atom. The minimum Gasteiger partial charge on any atom is -0.376 e. The van der Waals surface area contributed by atoms with Gasteiger partial charge in [-0.25, -0.2) is 12.8 Å². The molecule has 3 saturated heterocycles. The van der Waals surface area contributed by atoms with Crippen LogP contribution in [-0.4, -0.2) is 79.4 Å². The molecule has 0 radical (unpaired) electrons. The number of nitrogens with zero attached hydrogens (tertiary/aromatic N) is 3. The topological polar surface area (TPSA) is 64.1 Å². The van der Waals surface area contributed by atoms with Crippen LogP contribution in [0.1, 0.15) is 44.6 Å². The highest BCUT2D eigenvalue weighted by atomic mass is 32.2. The zero-order chi connectivity index (χ0) is 27.3. The molecule has 12 heteroatoms. The third kappa shape index (κ3) is 5.22. The Labute approximate surface area is 224 Å². The summed E-state index contributed by atoms with van der Waals surface area (Å²) in [6.45, 7) is 2.08. The molecule has 2 aromatic rings. The smallest absolute Gasteiger partial charge is 0.376 e. The second kappa shape index (κ2) is 10.3. The van der Waals surface area contributed by atoms with E-state index in [0.29, 0.717) is 31.6 Å². The first-order chi connectivity index (χ1) is 17.9. The fourth-order valence-corrected chi connectivity index (χ4v) is 8.79. The molecule has 0 aliphatic carbocycles. The zero-order valence-electron chi connectivity index (χ0n) is 21.1. The van der Waals surface area contributed by atoms with Crippen molar-refractivity contribution >= 4 is 27.0 Å². The number of benzene rings is 1. The summed E-state index contributed by atoms with van der Waals surface area (Å²) in [7, 11) is -3.68. The second-order valence-corrected chi connectivity index (χ2v) is 13.9. The van der Waals surface area contributed by atoms with E-state index in [1.807, 2.05) is 4.90 Å². The minimum absolute atomic E-state index is 0.105. The molecule has 3 fully saturated rings. The summed E-state index contributed by atoms with van der Waals surface area (Å²) in [6.07, 6.45) is -1.84. The van der Waals surface area contributed by atoms with Crippen LogP contribution >= 0.6 is 11.3 Å². The lowest BCUT2D eigenvalue weighted by molar-refractivity contribution is -0.258. The van der Waals surface area contributed by atoms with Crippen LogP contribution in [0.4, 0.5) is 23.2 Å². The van der Waals surface area contributed by atoms with E-state index < -0.39 is 28.0 Å². The highest BCUT2D eigenvalue weighted by Crippen LogP contribution is 2.40. The Bertz CT molecular complexity index is 1190. The SMILES string of the molecule is CC(O)(c1ccc(N2CCN(S(=O)(=O)c3cccs3)C[C@@H]2CN2C3CCCC2CC(F)C3)cc1)C(F)(F)F. The Morgan fingerprint density at radius 1 is 1.05 bits per heavy atom. The molecule has 38 heavy (non-hydrogen) atoms. The van der Waals surface area contributed by atoms with Gasteiger partial charge in [-0.15, -0.1) is 11.3 Å². The van der Waals surface area contributed by atoms with E-state index in [1.54, 1.807) is 29.6 Å². The number of piperidine rings is 2. The molecule has 0 spiro atoms. The molecule has 3 unspecified atom stereocenters. The number of rotatable bonds is 6. The number of piperazine rings is 1. The average molecular weight is 576 g/mol. The van der Waals surface area contributed by atoms with Crippen LogP contribution in [0.25, 0.3) is 0 Å². The van der Waals surface area contributed by atoms with Gasteiger partial charge in [0.25, 0.3) is 10.0 Å². The number of thiophene rings is 1. The van der Waals surface area contributed by atoms with Crippen molar-refractivity contribution in [3.8, 4) is 0 Å². The third-order valence-electron chi connectivity index (χ3n) is 8.34. The van der Waals surface area contributed by atoms with Crippen LogP contribution in [0.3, 0.4) is 0 Å². The molecule has 3 aliphatic heterocycles. The summed E-state index contributed by atoms with van der Waals surface area (Å²) < 4.78 is 82.9. The van der Waals surface area contributed by atoms with Gasteiger partial charge >= 0.3 is 6.18 Å². The number of aliphatic hydroxyl groups is 1. The monoisotopic (exact) mass is 575 g/mol. The lowest BCUT2D eigenvalue weighted by Crippen LogP contribution is -2.62. The van der Waals surface area contributed by atoms with Gasteiger partial charge in [0.15, 0.2) is 5.60 Å².